The van der Waals surface area contributed by atoms with E-state index in [1.54, 1.807) is 32.4 Å². The van der Waals surface area contributed by atoms with E-state index in [-0.39, 0.29) is 29.3 Å². The molecule has 2 aliphatic carbocycles. The number of epoxide rings is 1. The molecule has 0 aromatic carbocycles. The molecule has 9 heteroatoms. The number of nitrogens with zero attached hydrogens (tertiary/aromatic N) is 4. The molecular weight excluding hydrogens is 437 g/mol. The molecule has 1 amide bonds. The Labute approximate surface area is 194 Å². The van der Waals surface area contributed by atoms with E-state index in [0.29, 0.717) is 36.2 Å². The number of carbonyl (C=O) groups is 1. The van der Waals surface area contributed by atoms with E-state index in [1.807, 2.05) is 18.2 Å². The second kappa shape index (κ2) is 7.14. The van der Waals surface area contributed by atoms with E-state index >= 15 is 0 Å². The van der Waals surface area contributed by atoms with E-state index in [1.165, 1.54) is 18.2 Å². The van der Waals surface area contributed by atoms with Gasteiger partial charge in [0.25, 0.3) is 0 Å². The van der Waals surface area contributed by atoms with Crippen molar-refractivity contribution in [1.29, 1.82) is 0 Å². The van der Waals surface area contributed by atoms with Gasteiger partial charge < -0.3 is 15.4 Å². The number of fused-ring (bicyclic) bond motifs is 2. The minimum Gasteiger partial charge on any atom is -0.382 e. The highest BCUT2D eigenvalue weighted by Crippen LogP contribution is 2.58. The predicted molar refractivity (Wildman–Crippen MR) is 126 cm³/mol. The van der Waals surface area contributed by atoms with Crippen LogP contribution in [0.2, 0.25) is 0 Å². The average molecular weight is 461 g/mol. The number of pyridine rings is 1. The second-order valence-electron chi connectivity index (χ2n) is 9.15. The zero-order valence-electron chi connectivity index (χ0n) is 18.5. The number of halogens is 1. The van der Waals surface area contributed by atoms with Crippen LogP contribution < -0.4 is 11.4 Å². The predicted octanol–water partition coefficient (Wildman–Crippen LogP) is 2.86. The normalized spacial score (nSPS) is 29.7. The number of ether oxygens (including phenoxy) is 1. The maximum atomic E-state index is 13.8. The zero-order valence-corrected chi connectivity index (χ0v) is 18.5. The Balaban J connectivity index is 1.44. The lowest BCUT2D eigenvalue weighted by Gasteiger charge is -2.32. The fourth-order valence-corrected chi connectivity index (χ4v) is 5.51. The summed E-state index contributed by atoms with van der Waals surface area (Å²) in [6.45, 7) is 4.64. The number of anilines is 1. The van der Waals surface area contributed by atoms with Crippen molar-refractivity contribution in [2.24, 2.45) is 0 Å². The number of aromatic nitrogens is 3. The lowest BCUT2D eigenvalue weighted by molar-refractivity contribution is -0.127. The zero-order chi connectivity index (χ0) is 23.7. The Hall–Kier alpha value is -3.72. The van der Waals surface area contributed by atoms with Crippen LogP contribution in [-0.4, -0.2) is 49.2 Å². The molecule has 8 nitrogen and oxygen atoms in total. The van der Waals surface area contributed by atoms with Gasteiger partial charge in [0.15, 0.2) is 0 Å². The molecule has 4 heterocycles. The van der Waals surface area contributed by atoms with Crippen molar-refractivity contribution in [3.63, 3.8) is 0 Å². The molecule has 2 aromatic rings. The molecule has 2 aliphatic heterocycles. The lowest BCUT2D eigenvalue weighted by Crippen LogP contribution is -2.42. The van der Waals surface area contributed by atoms with Crippen LogP contribution in [0.25, 0.3) is 16.7 Å². The van der Waals surface area contributed by atoms with Gasteiger partial charge in [0.1, 0.15) is 28.4 Å². The Morgan fingerprint density at radius 3 is 2.97 bits per heavy atom. The molecule has 34 heavy (non-hydrogen) atoms. The van der Waals surface area contributed by atoms with Crippen LogP contribution in [0.1, 0.15) is 25.3 Å². The number of nitrogens with two attached hydrogens (primary N) is 1. The summed E-state index contributed by atoms with van der Waals surface area (Å²) in [5.74, 6) is -0.183. The topological polar surface area (TPSA) is 98.7 Å². The highest BCUT2D eigenvalue weighted by atomic mass is 19.1. The molecule has 4 aliphatic rings. The average Bonchev–Trinajstić information content (AvgIpc) is 3.08. The lowest BCUT2D eigenvalue weighted by atomic mass is 9.88. The minimum absolute atomic E-state index is 0.145. The molecule has 2 saturated heterocycles. The molecule has 2 aromatic heterocycles. The highest BCUT2D eigenvalue weighted by Gasteiger charge is 2.67. The molecule has 0 radical (unpaired) electrons. The third-order valence-corrected chi connectivity index (χ3v) is 7.26. The summed E-state index contributed by atoms with van der Waals surface area (Å²) in [5.41, 5.74) is 6.47. The molecule has 2 N–H and O–H groups in total. The number of carbonyl (C=O) groups excluding carboxylic acids is 1. The van der Waals surface area contributed by atoms with Gasteiger partial charge in [-0.1, -0.05) is 6.58 Å². The first-order chi connectivity index (χ1) is 16.4. The first-order valence-electron chi connectivity index (χ1n) is 11.3. The van der Waals surface area contributed by atoms with Crippen molar-refractivity contribution in [3.8, 4) is 0 Å². The largest absolute Gasteiger partial charge is 0.382 e. The Morgan fingerprint density at radius 1 is 1.35 bits per heavy atom. The van der Waals surface area contributed by atoms with Crippen LogP contribution in [0, 0.1) is 0 Å². The molecule has 174 valence electrons. The fourth-order valence-electron chi connectivity index (χ4n) is 5.51. The van der Waals surface area contributed by atoms with E-state index in [0.717, 1.165) is 12.8 Å². The fraction of sp³-hybridized carbons (Fsp3) is 0.320. The number of rotatable bonds is 3. The number of hydrogen-bond acceptors (Lipinski definition) is 5. The van der Waals surface area contributed by atoms with Crippen molar-refractivity contribution >= 4 is 28.5 Å². The number of amides is 1. The van der Waals surface area contributed by atoms with E-state index < -0.39 is 11.2 Å². The molecule has 3 atom stereocenters. The van der Waals surface area contributed by atoms with Crippen LogP contribution in [0.15, 0.2) is 72.0 Å². The summed E-state index contributed by atoms with van der Waals surface area (Å²) in [6, 6.07) is 1.58. The minimum atomic E-state index is -0.723. The van der Waals surface area contributed by atoms with Crippen LogP contribution in [0.5, 0.6) is 0 Å². The van der Waals surface area contributed by atoms with Crippen molar-refractivity contribution in [2.75, 3.05) is 18.8 Å². The summed E-state index contributed by atoms with van der Waals surface area (Å²) >= 11 is 0. The van der Waals surface area contributed by atoms with Crippen molar-refractivity contribution < 1.29 is 13.9 Å². The van der Waals surface area contributed by atoms with E-state index in [4.69, 9.17) is 10.5 Å². The monoisotopic (exact) mass is 461 g/mol. The van der Waals surface area contributed by atoms with Crippen molar-refractivity contribution in [2.45, 2.75) is 36.5 Å². The molecule has 0 saturated carbocycles. The molecule has 6 rings (SSSR count). The standard InChI is InChI=1S/C25H24FN5O3/c1-2-20(32)29-13-3-4-18(15-29)30-19-8-12-28-22(27)21(19)31(23(30)33)17-7-11-25(14-17)24(34-25)9-5-16(26)6-10-24/h2,5-9,11-12,14,18H,1,3-4,10,13,15H2,(H2,27,28)/t18-,24+,25?/m1/s1. The third kappa shape index (κ3) is 2.83. The number of allylic oxidation sites excluding steroid dienone is 4. The summed E-state index contributed by atoms with van der Waals surface area (Å²) in [7, 11) is 0. The smallest absolute Gasteiger partial charge is 0.334 e. The molecular formula is C25H24FN5O3. The Bertz CT molecular complexity index is 1430. The van der Waals surface area contributed by atoms with Gasteiger partial charge >= 0.3 is 5.69 Å². The van der Waals surface area contributed by atoms with Gasteiger partial charge in [-0.15, -0.1) is 0 Å². The maximum absolute atomic E-state index is 13.8. The quantitative estimate of drug-likeness (QED) is 0.560. The van der Waals surface area contributed by atoms with Crippen LogP contribution in [0.4, 0.5) is 10.2 Å². The van der Waals surface area contributed by atoms with Crippen LogP contribution in [0.3, 0.4) is 0 Å². The van der Waals surface area contributed by atoms with Gasteiger partial charge in [-0.25, -0.2) is 14.2 Å². The summed E-state index contributed by atoms with van der Waals surface area (Å²) in [6.07, 6.45) is 15.1. The van der Waals surface area contributed by atoms with Gasteiger partial charge in [0, 0.05) is 25.7 Å². The molecule has 0 bridgehead atoms. The molecule has 1 unspecified atom stereocenters. The second-order valence-corrected chi connectivity index (χ2v) is 9.15. The van der Waals surface area contributed by atoms with Crippen LogP contribution >= 0.6 is 0 Å². The van der Waals surface area contributed by atoms with E-state index in [9.17, 15) is 14.0 Å². The number of likely N-dealkylation sites (tertiary alicyclic amines) is 1. The number of piperidine rings is 1. The SMILES string of the molecule is C=CC(=O)N1CCC[C@@H](n2c(=O)n(C3=CC4(C=C3)O[C@]43C=CC(F)=CC3)c3c(N)nccc32)C1. The highest BCUT2D eigenvalue weighted by molar-refractivity contribution is 5.90. The van der Waals surface area contributed by atoms with Crippen LogP contribution in [-0.2, 0) is 9.53 Å². The number of nitrogen functional groups attached to an aromatic ring is 1. The Kier molecular flexibility index (Phi) is 4.38. The summed E-state index contributed by atoms with van der Waals surface area (Å²) in [5, 5.41) is 0. The molecule has 2 fully saturated rings. The van der Waals surface area contributed by atoms with Crippen molar-refractivity contribution in [3.05, 3.63) is 77.7 Å². The summed E-state index contributed by atoms with van der Waals surface area (Å²) < 4.78 is 22.9. The first kappa shape index (κ1) is 20.9. The number of imidazole rings is 1. The summed E-state index contributed by atoms with van der Waals surface area (Å²) in [4.78, 5) is 32.0. The van der Waals surface area contributed by atoms with Crippen molar-refractivity contribution in [1.82, 2.24) is 19.0 Å². The Morgan fingerprint density at radius 2 is 2.21 bits per heavy atom. The first-order valence-corrected chi connectivity index (χ1v) is 11.3. The number of hydrogen-bond donors (Lipinski definition) is 1. The maximum Gasteiger partial charge on any atom is 0.334 e. The van der Waals surface area contributed by atoms with E-state index in [2.05, 4.69) is 11.6 Å². The van der Waals surface area contributed by atoms with Gasteiger partial charge in [0.2, 0.25) is 5.91 Å². The van der Waals surface area contributed by atoms with Gasteiger partial charge in [-0.05, 0) is 61.4 Å². The van der Waals surface area contributed by atoms with Gasteiger partial charge in [-0.3, -0.25) is 13.9 Å². The van der Waals surface area contributed by atoms with Gasteiger partial charge in [0.05, 0.1) is 17.3 Å². The third-order valence-electron chi connectivity index (χ3n) is 7.26. The van der Waals surface area contributed by atoms with Gasteiger partial charge in [-0.2, -0.15) is 0 Å². The molecule has 2 spiro atoms.